The molecule has 0 N–H and O–H groups in total. The summed E-state index contributed by atoms with van der Waals surface area (Å²) in [6, 6.07) is 11.1. The highest BCUT2D eigenvalue weighted by molar-refractivity contribution is 5.65. The molecule has 0 atom stereocenters. The van der Waals surface area contributed by atoms with Gasteiger partial charge >= 0.3 is 0 Å². The first kappa shape index (κ1) is 23.9. The maximum absolute atomic E-state index is 14.6. The SMILES string of the molecule is CCOc1ccc(-c2ccc(C3CCC(C4CCC(C=CCF)CC4)CC3)cc2)c(F)c1F. The van der Waals surface area contributed by atoms with Gasteiger partial charge in [0, 0.05) is 5.56 Å². The van der Waals surface area contributed by atoms with Crippen molar-refractivity contribution in [1.82, 2.24) is 0 Å². The van der Waals surface area contributed by atoms with Gasteiger partial charge < -0.3 is 4.74 Å². The van der Waals surface area contributed by atoms with Crippen molar-refractivity contribution in [2.45, 2.75) is 64.2 Å². The van der Waals surface area contributed by atoms with Gasteiger partial charge in [0.1, 0.15) is 6.67 Å². The average molecular weight is 457 g/mol. The second-order valence-corrected chi connectivity index (χ2v) is 9.66. The Bertz CT molecular complexity index is 921. The molecule has 4 heteroatoms. The fourth-order valence-electron chi connectivity index (χ4n) is 5.93. The van der Waals surface area contributed by atoms with Crippen LogP contribution in [0.1, 0.15) is 69.8 Å². The fraction of sp³-hybridized carbons (Fsp3) is 0.517. The molecule has 0 radical (unpaired) electrons. The van der Waals surface area contributed by atoms with E-state index in [4.69, 9.17) is 4.74 Å². The summed E-state index contributed by atoms with van der Waals surface area (Å²) in [6.45, 7) is 1.69. The molecular formula is C29H35F3O. The van der Waals surface area contributed by atoms with E-state index in [0.29, 0.717) is 24.0 Å². The largest absolute Gasteiger partial charge is 0.491 e. The van der Waals surface area contributed by atoms with Crippen LogP contribution in [0, 0.1) is 29.4 Å². The van der Waals surface area contributed by atoms with Gasteiger partial charge in [-0.25, -0.2) is 8.78 Å². The molecule has 0 aliphatic heterocycles. The van der Waals surface area contributed by atoms with Crippen molar-refractivity contribution in [3.63, 3.8) is 0 Å². The lowest BCUT2D eigenvalue weighted by Crippen LogP contribution is -2.25. The molecule has 2 fully saturated rings. The molecule has 178 valence electrons. The number of benzene rings is 2. The summed E-state index contributed by atoms with van der Waals surface area (Å²) in [7, 11) is 0. The van der Waals surface area contributed by atoms with Crippen LogP contribution in [0.5, 0.6) is 5.75 Å². The Hall–Kier alpha value is -2.23. The highest BCUT2D eigenvalue weighted by Gasteiger charge is 2.30. The Morgan fingerprint density at radius 1 is 0.818 bits per heavy atom. The van der Waals surface area contributed by atoms with Crippen LogP contribution in [0.25, 0.3) is 11.1 Å². The van der Waals surface area contributed by atoms with Gasteiger partial charge in [0.15, 0.2) is 11.6 Å². The standard InChI is InChI=1S/C29H35F3O/c1-2-33-27-18-17-26(28(31)29(27)32)25-15-13-24(14-16-25)23-11-9-22(10-12-23)21-7-5-20(6-8-21)4-3-19-30/h3-4,13-18,20-23H,2,5-12,19H2,1H3. The number of ether oxygens (including phenoxy) is 1. The maximum Gasteiger partial charge on any atom is 0.201 e. The Balaban J connectivity index is 1.33. The summed E-state index contributed by atoms with van der Waals surface area (Å²) in [6.07, 6.45) is 13.6. The zero-order valence-corrected chi connectivity index (χ0v) is 19.5. The zero-order chi connectivity index (χ0) is 23.2. The normalized spacial score (nSPS) is 25.9. The van der Waals surface area contributed by atoms with E-state index in [1.807, 2.05) is 12.1 Å². The van der Waals surface area contributed by atoms with Gasteiger partial charge in [0.25, 0.3) is 0 Å². The first-order valence-corrected chi connectivity index (χ1v) is 12.5. The summed E-state index contributed by atoms with van der Waals surface area (Å²) in [5, 5.41) is 0. The molecule has 0 unspecified atom stereocenters. The molecular weight excluding hydrogens is 421 g/mol. The third-order valence-corrected chi connectivity index (χ3v) is 7.79. The minimum atomic E-state index is -0.927. The molecule has 2 saturated carbocycles. The van der Waals surface area contributed by atoms with Crippen LogP contribution < -0.4 is 4.74 Å². The first-order chi connectivity index (χ1) is 16.1. The minimum Gasteiger partial charge on any atom is -0.491 e. The monoisotopic (exact) mass is 456 g/mol. The van der Waals surface area contributed by atoms with Crippen molar-refractivity contribution in [3.8, 4) is 16.9 Å². The van der Waals surface area contributed by atoms with Gasteiger partial charge in [-0.15, -0.1) is 0 Å². The number of rotatable bonds is 7. The molecule has 4 rings (SSSR count). The van der Waals surface area contributed by atoms with E-state index >= 15 is 0 Å². The number of hydrogen-bond acceptors (Lipinski definition) is 1. The lowest BCUT2D eigenvalue weighted by Gasteiger charge is -2.37. The molecule has 0 heterocycles. The van der Waals surface area contributed by atoms with Gasteiger partial charge in [-0.3, -0.25) is 0 Å². The van der Waals surface area contributed by atoms with Crippen LogP contribution in [-0.4, -0.2) is 13.3 Å². The molecule has 1 nitrogen and oxygen atoms in total. The summed E-state index contributed by atoms with van der Waals surface area (Å²) in [4.78, 5) is 0. The van der Waals surface area contributed by atoms with Crippen molar-refractivity contribution >= 4 is 0 Å². The third kappa shape index (κ3) is 5.65. The van der Waals surface area contributed by atoms with Crippen molar-refractivity contribution in [2.75, 3.05) is 13.3 Å². The predicted molar refractivity (Wildman–Crippen MR) is 128 cm³/mol. The van der Waals surface area contributed by atoms with Gasteiger partial charge in [-0.05, 0) is 105 Å². The molecule has 0 aromatic heterocycles. The van der Waals surface area contributed by atoms with Gasteiger partial charge in [-0.1, -0.05) is 36.4 Å². The van der Waals surface area contributed by atoms with Crippen LogP contribution in [0.15, 0.2) is 48.6 Å². The summed E-state index contributed by atoms with van der Waals surface area (Å²) >= 11 is 0. The third-order valence-electron chi connectivity index (χ3n) is 7.79. The van der Waals surface area contributed by atoms with Crippen molar-refractivity contribution in [2.24, 2.45) is 17.8 Å². The highest BCUT2D eigenvalue weighted by Crippen LogP contribution is 2.44. The molecule has 2 aliphatic rings. The Kier molecular flexibility index (Phi) is 8.16. The molecule has 2 aromatic rings. The van der Waals surface area contributed by atoms with Gasteiger partial charge in [-0.2, -0.15) is 4.39 Å². The van der Waals surface area contributed by atoms with E-state index in [1.54, 1.807) is 19.1 Å². The zero-order valence-electron chi connectivity index (χ0n) is 19.5. The van der Waals surface area contributed by atoms with E-state index in [0.717, 1.165) is 11.8 Å². The number of hydrogen-bond donors (Lipinski definition) is 0. The Labute approximate surface area is 196 Å². The van der Waals surface area contributed by atoms with Crippen molar-refractivity contribution in [1.29, 1.82) is 0 Å². The molecule has 0 bridgehead atoms. The molecule has 0 spiro atoms. The average Bonchev–Trinajstić information content (AvgIpc) is 2.86. The molecule has 2 aromatic carbocycles. The summed E-state index contributed by atoms with van der Waals surface area (Å²) in [5.74, 6) is 0.917. The van der Waals surface area contributed by atoms with Gasteiger partial charge in [0.05, 0.1) is 6.61 Å². The van der Waals surface area contributed by atoms with E-state index in [-0.39, 0.29) is 18.0 Å². The lowest BCUT2D eigenvalue weighted by atomic mass is 9.68. The van der Waals surface area contributed by atoms with Crippen molar-refractivity contribution < 1.29 is 17.9 Å². The highest BCUT2D eigenvalue weighted by atomic mass is 19.2. The summed E-state index contributed by atoms with van der Waals surface area (Å²) < 4.78 is 46.3. The second-order valence-electron chi connectivity index (χ2n) is 9.66. The van der Waals surface area contributed by atoms with Gasteiger partial charge in [0.2, 0.25) is 5.82 Å². The molecule has 0 saturated heterocycles. The van der Waals surface area contributed by atoms with E-state index < -0.39 is 11.6 Å². The summed E-state index contributed by atoms with van der Waals surface area (Å²) in [5.41, 5.74) is 2.25. The molecule has 2 aliphatic carbocycles. The number of alkyl halides is 1. The topological polar surface area (TPSA) is 9.23 Å². The van der Waals surface area contributed by atoms with E-state index in [2.05, 4.69) is 18.2 Å². The second kappa shape index (κ2) is 11.3. The molecule has 0 amide bonds. The first-order valence-electron chi connectivity index (χ1n) is 12.5. The van der Waals surface area contributed by atoms with Crippen LogP contribution in [0.4, 0.5) is 13.2 Å². The maximum atomic E-state index is 14.6. The van der Waals surface area contributed by atoms with Crippen LogP contribution in [-0.2, 0) is 0 Å². The fourth-order valence-corrected chi connectivity index (χ4v) is 5.93. The van der Waals surface area contributed by atoms with Crippen LogP contribution in [0.3, 0.4) is 0 Å². The Morgan fingerprint density at radius 3 is 2.06 bits per heavy atom. The quantitative estimate of drug-likeness (QED) is 0.379. The van der Waals surface area contributed by atoms with E-state index in [1.165, 1.54) is 63.0 Å². The number of allylic oxidation sites excluding steroid dienone is 2. The minimum absolute atomic E-state index is 0.0446. The Morgan fingerprint density at radius 2 is 1.45 bits per heavy atom. The van der Waals surface area contributed by atoms with E-state index in [9.17, 15) is 13.2 Å². The van der Waals surface area contributed by atoms with Crippen molar-refractivity contribution in [3.05, 3.63) is 65.7 Å². The molecule has 33 heavy (non-hydrogen) atoms. The number of halogens is 3. The van der Waals surface area contributed by atoms with Crippen LogP contribution in [0.2, 0.25) is 0 Å². The van der Waals surface area contributed by atoms with Crippen LogP contribution >= 0.6 is 0 Å². The lowest BCUT2D eigenvalue weighted by molar-refractivity contribution is 0.171. The predicted octanol–water partition coefficient (Wildman–Crippen LogP) is 8.64. The smallest absolute Gasteiger partial charge is 0.201 e.